The van der Waals surface area contributed by atoms with Crippen LogP contribution in [0.15, 0.2) is 17.1 Å². The lowest BCUT2D eigenvalue weighted by Crippen LogP contribution is -2.50. The molecule has 36 heavy (non-hydrogen) atoms. The Morgan fingerprint density at radius 3 is 1.97 bits per heavy atom. The van der Waals surface area contributed by atoms with E-state index in [1.165, 1.54) is 14.0 Å². The summed E-state index contributed by atoms with van der Waals surface area (Å²) in [4.78, 5) is 54.2. The molecule has 0 spiro atoms. The van der Waals surface area contributed by atoms with Crippen LogP contribution in [0.25, 0.3) is 0 Å². The molecule has 11 nitrogen and oxygen atoms in total. The van der Waals surface area contributed by atoms with Gasteiger partial charge in [-0.2, -0.15) is 0 Å². The molecule has 0 aromatic carbocycles. The number of nitrogens with one attached hydrogen (secondary N) is 3. The molecule has 0 aromatic rings. The second kappa shape index (κ2) is 12.7. The van der Waals surface area contributed by atoms with E-state index >= 15 is 0 Å². The van der Waals surface area contributed by atoms with Crippen LogP contribution in [-0.4, -0.2) is 60.4 Å². The van der Waals surface area contributed by atoms with Crippen molar-refractivity contribution in [2.75, 3.05) is 7.11 Å². The summed E-state index contributed by atoms with van der Waals surface area (Å²) in [6, 6.07) is -1.08. The zero-order valence-corrected chi connectivity index (χ0v) is 22.9. The lowest BCUT2D eigenvalue weighted by molar-refractivity contribution is -0.154. The number of nitrogens with zero attached hydrogens (tertiary/aromatic N) is 1. The third-order valence-corrected chi connectivity index (χ3v) is 5.18. The molecule has 204 valence electrons. The molecule has 1 rings (SSSR count). The van der Waals surface area contributed by atoms with E-state index in [9.17, 15) is 19.2 Å². The van der Waals surface area contributed by atoms with Crippen LogP contribution in [-0.2, 0) is 23.8 Å². The number of amides is 3. The molecular formula is C25H42N4O7. The van der Waals surface area contributed by atoms with E-state index in [0.717, 1.165) is 6.42 Å². The zero-order valence-electron chi connectivity index (χ0n) is 22.9. The van der Waals surface area contributed by atoms with Gasteiger partial charge in [0.05, 0.1) is 24.6 Å². The average Bonchev–Trinajstić information content (AvgIpc) is 3.11. The van der Waals surface area contributed by atoms with Gasteiger partial charge >= 0.3 is 18.2 Å². The minimum absolute atomic E-state index is 0.163. The van der Waals surface area contributed by atoms with Crippen molar-refractivity contribution in [2.24, 2.45) is 10.4 Å². The monoisotopic (exact) mass is 510 g/mol. The van der Waals surface area contributed by atoms with Gasteiger partial charge in [0.1, 0.15) is 11.2 Å². The van der Waals surface area contributed by atoms with Crippen molar-refractivity contribution in [3.8, 4) is 0 Å². The Morgan fingerprint density at radius 2 is 1.56 bits per heavy atom. The molecule has 1 saturated carbocycles. The predicted molar refractivity (Wildman–Crippen MR) is 135 cm³/mol. The number of hydrogen-bond acceptors (Lipinski definition) is 8. The number of esters is 1. The van der Waals surface area contributed by atoms with Gasteiger partial charge in [-0.1, -0.05) is 19.1 Å². The standard InChI is InChI=1S/C25H42N4O7/c1-10-11-12-18(26-16(2)30)25(19(31)34-9)14-13-17(15-25)27-20(28-21(32)35-23(3,4)5)29-22(33)36-24(6,7)8/h11-12,17-18H,10,13-15H2,1-9H3,(H,26,30)(H2,27,28,29,32,33)/t17-,18?,25?/m1/s1. The number of hydrogen-bond donors (Lipinski definition) is 3. The molecule has 3 N–H and O–H groups in total. The second-order valence-electron chi connectivity index (χ2n) is 10.8. The molecule has 0 heterocycles. The van der Waals surface area contributed by atoms with Gasteiger partial charge in [0.25, 0.3) is 0 Å². The van der Waals surface area contributed by atoms with Crippen molar-refractivity contribution < 1.29 is 33.4 Å². The number of guanidine groups is 1. The first-order chi connectivity index (χ1) is 16.5. The summed E-state index contributed by atoms with van der Waals surface area (Å²) in [5.74, 6) is -0.916. The molecule has 0 radical (unpaired) electrons. The van der Waals surface area contributed by atoms with Crippen molar-refractivity contribution >= 4 is 30.0 Å². The maximum Gasteiger partial charge on any atom is 0.414 e. The Bertz CT molecular complexity index is 839. The fourth-order valence-corrected chi connectivity index (χ4v) is 3.90. The highest BCUT2D eigenvalue weighted by molar-refractivity contribution is 6.01. The first-order valence-corrected chi connectivity index (χ1v) is 12.1. The molecule has 1 aliphatic carbocycles. The Labute approximate surface area is 213 Å². The van der Waals surface area contributed by atoms with Gasteiger partial charge in [0.15, 0.2) is 0 Å². The average molecular weight is 511 g/mol. The molecule has 0 bridgehead atoms. The molecule has 0 aromatic heterocycles. The molecule has 2 unspecified atom stereocenters. The van der Waals surface area contributed by atoms with Gasteiger partial charge in [-0.15, -0.1) is 0 Å². The van der Waals surface area contributed by atoms with E-state index in [0.29, 0.717) is 12.8 Å². The highest BCUT2D eigenvalue weighted by Gasteiger charge is 2.51. The van der Waals surface area contributed by atoms with E-state index in [4.69, 9.17) is 14.2 Å². The van der Waals surface area contributed by atoms with E-state index in [-0.39, 0.29) is 18.3 Å². The Kier molecular flexibility index (Phi) is 10.9. The Balaban J connectivity index is 3.30. The molecule has 1 fully saturated rings. The zero-order chi connectivity index (χ0) is 27.7. The van der Waals surface area contributed by atoms with Crippen LogP contribution >= 0.6 is 0 Å². The number of rotatable bonds is 6. The summed E-state index contributed by atoms with van der Waals surface area (Å²) >= 11 is 0. The normalized spacial score (nSPS) is 20.8. The lowest BCUT2D eigenvalue weighted by Gasteiger charge is -2.33. The third kappa shape index (κ3) is 10.2. The first kappa shape index (κ1) is 30.9. The van der Waals surface area contributed by atoms with E-state index in [2.05, 4.69) is 20.9 Å². The predicted octanol–water partition coefficient (Wildman–Crippen LogP) is 3.57. The Hall–Kier alpha value is -3.11. The SMILES string of the molecule is CCC=CC(NC(C)=O)C1(C(=O)OC)CC[C@@H](N=C(NC(=O)OC(C)(C)C)NC(=O)OC(C)(C)C)C1. The van der Waals surface area contributed by atoms with Crippen molar-refractivity contribution in [3.05, 3.63) is 12.2 Å². The summed E-state index contributed by atoms with van der Waals surface area (Å²) < 4.78 is 15.7. The number of carbonyl (C=O) groups is 4. The van der Waals surface area contributed by atoms with Crippen molar-refractivity contribution in [2.45, 2.75) is 104 Å². The second-order valence-corrected chi connectivity index (χ2v) is 10.8. The maximum absolute atomic E-state index is 13.0. The summed E-state index contributed by atoms with van der Waals surface area (Å²) in [6.45, 7) is 13.6. The van der Waals surface area contributed by atoms with Crippen LogP contribution < -0.4 is 16.0 Å². The summed E-state index contributed by atoms with van der Waals surface area (Å²) in [5.41, 5.74) is -2.61. The summed E-state index contributed by atoms with van der Waals surface area (Å²) in [6.07, 6.45) is 3.81. The number of allylic oxidation sites excluding steroid dienone is 1. The van der Waals surface area contributed by atoms with E-state index in [1.807, 2.05) is 13.0 Å². The van der Waals surface area contributed by atoms with Gasteiger partial charge in [0, 0.05) is 6.92 Å². The fourth-order valence-electron chi connectivity index (χ4n) is 3.90. The van der Waals surface area contributed by atoms with Gasteiger partial charge in [-0.3, -0.25) is 20.2 Å². The van der Waals surface area contributed by atoms with Crippen molar-refractivity contribution in [3.63, 3.8) is 0 Å². The van der Waals surface area contributed by atoms with Crippen LogP contribution in [0, 0.1) is 5.41 Å². The highest BCUT2D eigenvalue weighted by atomic mass is 16.6. The molecule has 1 aliphatic rings. The van der Waals surface area contributed by atoms with Crippen LogP contribution in [0.1, 0.15) is 81.1 Å². The largest absolute Gasteiger partial charge is 0.469 e. The third-order valence-electron chi connectivity index (χ3n) is 5.18. The number of carbonyl (C=O) groups excluding carboxylic acids is 4. The topological polar surface area (TPSA) is 144 Å². The summed E-state index contributed by atoms with van der Waals surface area (Å²) in [5, 5.41) is 7.77. The van der Waals surface area contributed by atoms with Crippen LogP contribution in [0.3, 0.4) is 0 Å². The van der Waals surface area contributed by atoms with E-state index < -0.39 is 46.9 Å². The van der Waals surface area contributed by atoms with Gasteiger partial charge in [0.2, 0.25) is 11.9 Å². The minimum Gasteiger partial charge on any atom is -0.469 e. The molecular weight excluding hydrogens is 468 g/mol. The quantitative estimate of drug-likeness (QED) is 0.163. The van der Waals surface area contributed by atoms with Gasteiger partial charge in [-0.05, 0) is 67.2 Å². The minimum atomic E-state index is -1.07. The van der Waals surface area contributed by atoms with Crippen LogP contribution in [0.5, 0.6) is 0 Å². The van der Waals surface area contributed by atoms with Crippen LogP contribution in [0.2, 0.25) is 0 Å². The van der Waals surface area contributed by atoms with Gasteiger partial charge < -0.3 is 19.5 Å². The fraction of sp³-hybridized carbons (Fsp3) is 0.720. The first-order valence-electron chi connectivity index (χ1n) is 12.1. The number of ether oxygens (including phenoxy) is 3. The molecule has 0 aliphatic heterocycles. The van der Waals surface area contributed by atoms with E-state index in [1.54, 1.807) is 47.6 Å². The van der Waals surface area contributed by atoms with Crippen molar-refractivity contribution in [1.82, 2.24) is 16.0 Å². The number of methoxy groups -OCH3 is 1. The molecule has 3 atom stereocenters. The molecule has 3 amide bonds. The maximum atomic E-state index is 13.0. The molecule has 11 heteroatoms. The van der Waals surface area contributed by atoms with Crippen molar-refractivity contribution in [1.29, 1.82) is 0 Å². The molecule has 0 saturated heterocycles. The number of aliphatic imine (C=N–C) groups is 1. The summed E-state index contributed by atoms with van der Waals surface area (Å²) in [7, 11) is 1.30. The smallest absolute Gasteiger partial charge is 0.414 e. The van der Waals surface area contributed by atoms with Crippen LogP contribution in [0.4, 0.5) is 9.59 Å². The number of alkyl carbamates (subject to hydrolysis) is 2. The van der Waals surface area contributed by atoms with Gasteiger partial charge in [-0.25, -0.2) is 14.6 Å². The highest BCUT2D eigenvalue weighted by Crippen LogP contribution is 2.44. The Morgan fingerprint density at radius 1 is 1.03 bits per heavy atom. The lowest BCUT2D eigenvalue weighted by atomic mass is 9.77.